The van der Waals surface area contributed by atoms with Crippen LogP contribution in [0.1, 0.15) is 5.56 Å². The van der Waals surface area contributed by atoms with E-state index in [-0.39, 0.29) is 18.1 Å². The highest BCUT2D eigenvalue weighted by Crippen LogP contribution is 2.13. The number of H-pyrrole nitrogens is 1. The molecular weight excluding hydrogens is 336 g/mol. The summed E-state index contributed by atoms with van der Waals surface area (Å²) >= 11 is 3.32. The van der Waals surface area contributed by atoms with E-state index < -0.39 is 11.2 Å². The van der Waals surface area contributed by atoms with E-state index in [1.54, 1.807) is 0 Å². The number of halogens is 1. The normalized spacial score (nSPS) is 10.7. The molecule has 0 amide bonds. The van der Waals surface area contributed by atoms with E-state index in [0.717, 1.165) is 14.6 Å². The van der Waals surface area contributed by atoms with E-state index in [9.17, 15) is 9.59 Å². The molecule has 2 rings (SSSR count). The van der Waals surface area contributed by atoms with E-state index in [0.29, 0.717) is 0 Å². The quantitative estimate of drug-likeness (QED) is 0.647. The molecule has 0 radical (unpaired) electrons. The van der Waals surface area contributed by atoms with E-state index in [2.05, 4.69) is 31.8 Å². The summed E-state index contributed by atoms with van der Waals surface area (Å²) < 4.78 is 1.80. The molecule has 0 bridgehead atoms. The first-order valence-corrected chi connectivity index (χ1v) is 6.68. The zero-order valence-electron chi connectivity index (χ0n) is 10.8. The standard InChI is InChI=1S/C14H11BrN4O2/c1-2-7-19-13(20)11(12(16)18-14(19)21)17-8-9-3-5-10(15)6-4-9/h1,3-6,8H,7,16H2,(H,18,21). The van der Waals surface area contributed by atoms with Gasteiger partial charge in [0.05, 0.1) is 6.54 Å². The number of hydrogen-bond donors (Lipinski definition) is 2. The van der Waals surface area contributed by atoms with Crippen molar-refractivity contribution in [1.82, 2.24) is 9.55 Å². The zero-order chi connectivity index (χ0) is 15.4. The fourth-order valence-electron chi connectivity index (χ4n) is 1.62. The summed E-state index contributed by atoms with van der Waals surface area (Å²) in [5.41, 5.74) is 5.09. The van der Waals surface area contributed by atoms with Crippen molar-refractivity contribution in [1.29, 1.82) is 0 Å². The van der Waals surface area contributed by atoms with Crippen LogP contribution in [0.4, 0.5) is 11.5 Å². The minimum Gasteiger partial charge on any atom is -0.383 e. The molecule has 6 nitrogen and oxygen atoms in total. The Hall–Kier alpha value is -2.59. The minimum atomic E-state index is -0.655. The Morgan fingerprint density at radius 2 is 2.05 bits per heavy atom. The number of nitrogen functional groups attached to an aromatic ring is 1. The van der Waals surface area contributed by atoms with Gasteiger partial charge < -0.3 is 5.73 Å². The van der Waals surface area contributed by atoms with E-state index >= 15 is 0 Å². The van der Waals surface area contributed by atoms with Crippen molar-refractivity contribution in [2.75, 3.05) is 5.73 Å². The molecule has 1 aromatic heterocycles. The highest BCUT2D eigenvalue weighted by atomic mass is 79.9. The van der Waals surface area contributed by atoms with Crippen molar-refractivity contribution < 1.29 is 0 Å². The second kappa shape index (κ2) is 6.24. The van der Waals surface area contributed by atoms with Gasteiger partial charge in [-0.1, -0.05) is 34.0 Å². The number of aromatic nitrogens is 2. The SMILES string of the molecule is C#CCn1c(=O)[nH]c(N)c(N=Cc2ccc(Br)cc2)c1=O. The van der Waals surface area contributed by atoms with Crippen LogP contribution >= 0.6 is 15.9 Å². The van der Waals surface area contributed by atoms with Crippen LogP contribution < -0.4 is 17.0 Å². The first-order chi connectivity index (χ1) is 10.0. The number of terminal acetylenes is 1. The fraction of sp³-hybridized carbons (Fsp3) is 0.0714. The number of nitrogens with one attached hydrogen (secondary N) is 1. The number of rotatable bonds is 3. The Bertz CT molecular complexity index is 841. The van der Waals surface area contributed by atoms with Gasteiger partial charge in [-0.3, -0.25) is 9.78 Å². The second-order valence-corrected chi connectivity index (χ2v) is 5.01. The fourth-order valence-corrected chi connectivity index (χ4v) is 1.89. The van der Waals surface area contributed by atoms with Crippen LogP contribution in [0.2, 0.25) is 0 Å². The third-order valence-corrected chi connectivity index (χ3v) is 3.18. The second-order valence-electron chi connectivity index (χ2n) is 4.10. The van der Waals surface area contributed by atoms with Gasteiger partial charge in [0.2, 0.25) is 0 Å². The van der Waals surface area contributed by atoms with Gasteiger partial charge >= 0.3 is 5.69 Å². The molecule has 0 spiro atoms. The number of anilines is 1. The minimum absolute atomic E-state index is 0.0484. The Morgan fingerprint density at radius 1 is 1.38 bits per heavy atom. The van der Waals surface area contributed by atoms with Gasteiger partial charge in [-0.05, 0) is 17.7 Å². The van der Waals surface area contributed by atoms with Crippen molar-refractivity contribution in [2.45, 2.75) is 6.54 Å². The molecule has 1 heterocycles. The van der Waals surface area contributed by atoms with Crippen LogP contribution in [0, 0.1) is 12.3 Å². The van der Waals surface area contributed by atoms with Crippen molar-refractivity contribution in [3.8, 4) is 12.3 Å². The van der Waals surface area contributed by atoms with E-state index in [1.807, 2.05) is 24.3 Å². The van der Waals surface area contributed by atoms with Crippen molar-refractivity contribution in [2.24, 2.45) is 4.99 Å². The Kier molecular flexibility index (Phi) is 4.40. The zero-order valence-corrected chi connectivity index (χ0v) is 12.4. The van der Waals surface area contributed by atoms with Gasteiger partial charge in [-0.2, -0.15) is 0 Å². The molecule has 0 unspecified atom stereocenters. The Balaban J connectivity index is 2.47. The third kappa shape index (κ3) is 3.30. The monoisotopic (exact) mass is 346 g/mol. The van der Waals surface area contributed by atoms with Crippen molar-refractivity contribution >= 4 is 33.6 Å². The molecule has 0 aliphatic heterocycles. The maximum atomic E-state index is 12.1. The average molecular weight is 347 g/mol. The van der Waals surface area contributed by atoms with Gasteiger partial charge in [0.1, 0.15) is 5.82 Å². The maximum Gasteiger partial charge on any atom is 0.330 e. The molecule has 21 heavy (non-hydrogen) atoms. The lowest BCUT2D eigenvalue weighted by Crippen LogP contribution is -2.35. The predicted octanol–water partition coefficient (Wildman–Crippen LogP) is 1.27. The Morgan fingerprint density at radius 3 is 2.67 bits per heavy atom. The lowest BCUT2D eigenvalue weighted by atomic mass is 10.2. The smallest absolute Gasteiger partial charge is 0.330 e. The molecule has 0 aliphatic carbocycles. The summed E-state index contributed by atoms with van der Waals surface area (Å²) in [6, 6.07) is 7.31. The number of aliphatic imine (C=N–C) groups is 1. The average Bonchev–Trinajstić information content (AvgIpc) is 2.45. The molecule has 2 aromatic rings. The van der Waals surface area contributed by atoms with Crippen LogP contribution in [0.25, 0.3) is 0 Å². The first-order valence-electron chi connectivity index (χ1n) is 5.88. The van der Waals surface area contributed by atoms with Crippen molar-refractivity contribution in [3.05, 3.63) is 55.1 Å². The summed E-state index contributed by atoms with van der Waals surface area (Å²) in [4.78, 5) is 30.1. The van der Waals surface area contributed by atoms with Crippen LogP contribution in [-0.2, 0) is 6.54 Å². The summed E-state index contributed by atoms with van der Waals surface area (Å²) in [7, 11) is 0. The largest absolute Gasteiger partial charge is 0.383 e. The topological polar surface area (TPSA) is 93.2 Å². The lowest BCUT2D eigenvalue weighted by Gasteiger charge is -2.04. The van der Waals surface area contributed by atoms with Gasteiger partial charge in [0, 0.05) is 10.7 Å². The number of aromatic amines is 1. The van der Waals surface area contributed by atoms with Gasteiger partial charge in [0.15, 0.2) is 5.69 Å². The van der Waals surface area contributed by atoms with Crippen LogP contribution in [0.15, 0.2) is 43.3 Å². The number of benzene rings is 1. The molecule has 1 aromatic carbocycles. The highest BCUT2D eigenvalue weighted by molar-refractivity contribution is 9.10. The first kappa shape index (κ1) is 14.8. The molecule has 7 heteroatoms. The molecule has 0 atom stereocenters. The number of nitrogens with zero attached hydrogens (tertiary/aromatic N) is 2. The number of hydrogen-bond acceptors (Lipinski definition) is 4. The predicted molar refractivity (Wildman–Crippen MR) is 86.0 cm³/mol. The molecule has 0 saturated carbocycles. The van der Waals surface area contributed by atoms with Gasteiger partial charge in [-0.15, -0.1) is 6.42 Å². The highest BCUT2D eigenvalue weighted by Gasteiger charge is 2.10. The molecule has 0 aliphatic rings. The van der Waals surface area contributed by atoms with Crippen LogP contribution in [-0.4, -0.2) is 15.8 Å². The lowest BCUT2D eigenvalue weighted by molar-refractivity contribution is 0.731. The summed E-state index contributed by atoms with van der Waals surface area (Å²) in [6.45, 7) is -0.144. The van der Waals surface area contributed by atoms with E-state index in [4.69, 9.17) is 12.2 Å². The molecule has 0 fully saturated rings. The van der Waals surface area contributed by atoms with Crippen LogP contribution in [0.5, 0.6) is 0 Å². The number of nitrogens with two attached hydrogens (primary N) is 1. The van der Waals surface area contributed by atoms with E-state index in [1.165, 1.54) is 6.21 Å². The molecule has 3 N–H and O–H groups in total. The third-order valence-electron chi connectivity index (χ3n) is 2.65. The van der Waals surface area contributed by atoms with Gasteiger partial charge in [-0.25, -0.2) is 14.4 Å². The maximum absolute atomic E-state index is 12.1. The van der Waals surface area contributed by atoms with Crippen molar-refractivity contribution in [3.63, 3.8) is 0 Å². The summed E-state index contributed by atoms with van der Waals surface area (Å²) in [5, 5.41) is 0. The molecular formula is C14H11BrN4O2. The summed E-state index contributed by atoms with van der Waals surface area (Å²) in [6.07, 6.45) is 6.61. The van der Waals surface area contributed by atoms with Gasteiger partial charge in [0.25, 0.3) is 5.56 Å². The molecule has 106 valence electrons. The molecule has 0 saturated heterocycles. The summed E-state index contributed by atoms with van der Waals surface area (Å²) in [5.74, 6) is 2.15. The Labute approximate surface area is 128 Å². The van der Waals surface area contributed by atoms with Crippen LogP contribution in [0.3, 0.4) is 0 Å².